The molecule has 0 aliphatic carbocycles. The second kappa shape index (κ2) is 9.18. The van der Waals surface area contributed by atoms with Gasteiger partial charge in [-0.2, -0.15) is 0 Å². The number of thioether (sulfide) groups is 1. The number of rotatable bonds is 9. The highest BCUT2D eigenvalue weighted by molar-refractivity contribution is 7.98. The van der Waals surface area contributed by atoms with Crippen molar-refractivity contribution in [1.82, 2.24) is 5.32 Å². The fourth-order valence-electron chi connectivity index (χ4n) is 2.16. The monoisotopic (exact) mass is 311 g/mol. The molecule has 1 aromatic carbocycles. The zero-order chi connectivity index (χ0) is 14.9. The summed E-state index contributed by atoms with van der Waals surface area (Å²) in [6, 6.07) is 4.17. The smallest absolute Gasteiger partial charge is 0.162 e. The Morgan fingerprint density at radius 3 is 2.67 bits per heavy atom. The molecular weight excluding hydrogens is 286 g/mol. The van der Waals surface area contributed by atoms with Gasteiger partial charge in [-0.05, 0) is 30.4 Å². The Morgan fingerprint density at radius 1 is 1.19 bits per heavy atom. The highest BCUT2D eigenvalue weighted by atomic mass is 32.2. The number of fused-ring (bicyclic) bond motifs is 1. The lowest BCUT2D eigenvalue weighted by Crippen LogP contribution is -2.20. The van der Waals surface area contributed by atoms with Gasteiger partial charge in [-0.1, -0.05) is 13.3 Å². The van der Waals surface area contributed by atoms with E-state index in [1.54, 1.807) is 11.8 Å². The lowest BCUT2D eigenvalue weighted by molar-refractivity contribution is 0.133. The average molecular weight is 311 g/mol. The second-order valence-corrected chi connectivity index (χ2v) is 5.80. The number of unbranched alkanes of at least 4 members (excludes halogenated alkanes) is 1. The van der Waals surface area contributed by atoms with Crippen molar-refractivity contribution < 1.29 is 14.2 Å². The standard InChI is InChI=1S/C16H25NO3S/c1-3-4-6-18-7-5-17-12-13-10-14-15(11-16(13)21-2)20-9-8-19-14/h10-11,17H,3-9,12H2,1-2H3. The predicted molar refractivity (Wildman–Crippen MR) is 86.6 cm³/mol. The molecule has 1 heterocycles. The molecular formula is C16H25NO3S. The number of hydrogen-bond acceptors (Lipinski definition) is 5. The fraction of sp³-hybridized carbons (Fsp3) is 0.625. The van der Waals surface area contributed by atoms with Crippen LogP contribution < -0.4 is 14.8 Å². The Kier molecular flexibility index (Phi) is 7.19. The van der Waals surface area contributed by atoms with Gasteiger partial charge in [0.25, 0.3) is 0 Å². The highest BCUT2D eigenvalue weighted by Gasteiger charge is 2.15. The number of ether oxygens (including phenoxy) is 3. The van der Waals surface area contributed by atoms with Crippen LogP contribution in [0.2, 0.25) is 0 Å². The summed E-state index contributed by atoms with van der Waals surface area (Å²) >= 11 is 1.74. The maximum Gasteiger partial charge on any atom is 0.162 e. The summed E-state index contributed by atoms with van der Waals surface area (Å²) in [4.78, 5) is 1.23. The summed E-state index contributed by atoms with van der Waals surface area (Å²) in [6.45, 7) is 6.75. The van der Waals surface area contributed by atoms with Crippen molar-refractivity contribution in [2.75, 3.05) is 39.2 Å². The SMILES string of the molecule is CCCCOCCNCc1cc2c(cc1SC)OCCO2. The quantitative estimate of drug-likeness (QED) is 0.560. The topological polar surface area (TPSA) is 39.7 Å². The third kappa shape index (κ3) is 5.09. The van der Waals surface area contributed by atoms with Gasteiger partial charge in [-0.25, -0.2) is 0 Å². The molecule has 0 saturated heterocycles. The van der Waals surface area contributed by atoms with Gasteiger partial charge in [0.05, 0.1) is 6.61 Å². The minimum atomic E-state index is 0.629. The van der Waals surface area contributed by atoms with E-state index in [1.807, 2.05) is 0 Å². The Balaban J connectivity index is 1.81. The van der Waals surface area contributed by atoms with Crippen molar-refractivity contribution in [2.24, 2.45) is 0 Å². The molecule has 1 aliphatic heterocycles. The van der Waals surface area contributed by atoms with Crippen LogP contribution in [0.5, 0.6) is 11.5 Å². The first kappa shape index (κ1) is 16.5. The first-order valence-electron chi connectivity index (χ1n) is 7.60. The molecule has 0 atom stereocenters. The Bertz CT molecular complexity index is 440. The van der Waals surface area contributed by atoms with Crippen LogP contribution in [0, 0.1) is 0 Å². The molecule has 0 saturated carbocycles. The summed E-state index contributed by atoms with van der Waals surface area (Å²) in [6.07, 6.45) is 4.41. The molecule has 2 rings (SSSR count). The van der Waals surface area contributed by atoms with E-state index < -0.39 is 0 Å². The fourth-order valence-corrected chi connectivity index (χ4v) is 2.77. The number of hydrogen-bond donors (Lipinski definition) is 1. The Labute approximate surface area is 131 Å². The van der Waals surface area contributed by atoms with E-state index in [0.717, 1.165) is 44.2 Å². The van der Waals surface area contributed by atoms with E-state index in [2.05, 4.69) is 30.6 Å². The van der Waals surface area contributed by atoms with Crippen LogP contribution in [0.15, 0.2) is 17.0 Å². The molecule has 0 amide bonds. The zero-order valence-corrected chi connectivity index (χ0v) is 13.8. The largest absolute Gasteiger partial charge is 0.486 e. The number of nitrogens with one attached hydrogen (secondary N) is 1. The first-order valence-corrected chi connectivity index (χ1v) is 8.82. The normalized spacial score (nSPS) is 13.4. The van der Waals surface area contributed by atoms with E-state index >= 15 is 0 Å². The predicted octanol–water partition coefficient (Wildman–Crippen LogP) is 3.09. The molecule has 118 valence electrons. The molecule has 0 fully saturated rings. The van der Waals surface area contributed by atoms with Crippen molar-refractivity contribution in [3.05, 3.63) is 17.7 Å². The maximum absolute atomic E-state index is 5.65. The zero-order valence-electron chi connectivity index (χ0n) is 12.9. The van der Waals surface area contributed by atoms with Crippen molar-refractivity contribution in [3.63, 3.8) is 0 Å². The molecule has 0 spiro atoms. The van der Waals surface area contributed by atoms with Gasteiger partial charge in [0.15, 0.2) is 11.5 Å². The first-order chi connectivity index (χ1) is 10.3. The van der Waals surface area contributed by atoms with Gasteiger partial charge < -0.3 is 19.5 Å². The third-order valence-corrected chi connectivity index (χ3v) is 4.15. The van der Waals surface area contributed by atoms with Crippen LogP contribution in [0.1, 0.15) is 25.3 Å². The van der Waals surface area contributed by atoms with Crippen LogP contribution in [-0.4, -0.2) is 39.2 Å². The molecule has 1 aromatic rings. The molecule has 0 aromatic heterocycles. The van der Waals surface area contributed by atoms with Crippen LogP contribution in [-0.2, 0) is 11.3 Å². The maximum atomic E-state index is 5.65. The molecule has 1 aliphatic rings. The molecule has 0 unspecified atom stereocenters. The minimum absolute atomic E-state index is 0.629. The lowest BCUT2D eigenvalue weighted by Gasteiger charge is -2.21. The van der Waals surface area contributed by atoms with Crippen molar-refractivity contribution in [3.8, 4) is 11.5 Å². The van der Waals surface area contributed by atoms with Crippen LogP contribution in [0.3, 0.4) is 0 Å². The van der Waals surface area contributed by atoms with Gasteiger partial charge in [0.1, 0.15) is 13.2 Å². The summed E-state index contributed by atoms with van der Waals surface area (Å²) in [5.74, 6) is 1.72. The van der Waals surface area contributed by atoms with Gasteiger partial charge >= 0.3 is 0 Å². The van der Waals surface area contributed by atoms with Crippen molar-refractivity contribution >= 4 is 11.8 Å². The van der Waals surface area contributed by atoms with E-state index in [1.165, 1.54) is 16.9 Å². The average Bonchev–Trinajstić information content (AvgIpc) is 2.53. The molecule has 0 bridgehead atoms. The minimum Gasteiger partial charge on any atom is -0.486 e. The third-order valence-electron chi connectivity index (χ3n) is 3.33. The van der Waals surface area contributed by atoms with Crippen LogP contribution in [0.4, 0.5) is 0 Å². The Morgan fingerprint density at radius 2 is 1.95 bits per heavy atom. The van der Waals surface area contributed by atoms with Crippen molar-refractivity contribution in [2.45, 2.75) is 31.2 Å². The lowest BCUT2D eigenvalue weighted by atomic mass is 10.2. The van der Waals surface area contributed by atoms with E-state index in [0.29, 0.717) is 13.2 Å². The van der Waals surface area contributed by atoms with Gasteiger partial charge in [-0.3, -0.25) is 0 Å². The van der Waals surface area contributed by atoms with Crippen LogP contribution >= 0.6 is 11.8 Å². The Hall–Kier alpha value is -0.910. The van der Waals surface area contributed by atoms with Crippen LogP contribution in [0.25, 0.3) is 0 Å². The summed E-state index contributed by atoms with van der Waals surface area (Å²) < 4.78 is 16.8. The van der Waals surface area contributed by atoms with E-state index in [9.17, 15) is 0 Å². The highest BCUT2D eigenvalue weighted by Crippen LogP contribution is 2.36. The molecule has 21 heavy (non-hydrogen) atoms. The second-order valence-electron chi connectivity index (χ2n) is 4.95. The summed E-state index contributed by atoms with van der Waals surface area (Å²) in [7, 11) is 0. The van der Waals surface area contributed by atoms with Gasteiger partial charge in [0, 0.05) is 24.6 Å². The molecule has 1 N–H and O–H groups in total. The van der Waals surface area contributed by atoms with E-state index in [4.69, 9.17) is 14.2 Å². The summed E-state index contributed by atoms with van der Waals surface area (Å²) in [5.41, 5.74) is 1.25. The van der Waals surface area contributed by atoms with Gasteiger partial charge in [0.2, 0.25) is 0 Å². The molecule has 0 radical (unpaired) electrons. The number of benzene rings is 1. The molecule has 4 nitrogen and oxygen atoms in total. The van der Waals surface area contributed by atoms with Gasteiger partial charge in [-0.15, -0.1) is 11.8 Å². The summed E-state index contributed by atoms with van der Waals surface area (Å²) in [5, 5.41) is 3.43. The molecule has 5 heteroatoms. The van der Waals surface area contributed by atoms with E-state index in [-0.39, 0.29) is 0 Å². The van der Waals surface area contributed by atoms with Crippen molar-refractivity contribution in [1.29, 1.82) is 0 Å².